The van der Waals surface area contributed by atoms with Gasteiger partial charge in [-0.1, -0.05) is 18.7 Å². The lowest BCUT2D eigenvalue weighted by Gasteiger charge is -2.01. The van der Waals surface area contributed by atoms with Crippen LogP contribution in [0.25, 0.3) is 0 Å². The molecular weight excluding hydrogens is 98.1 g/mol. The summed E-state index contributed by atoms with van der Waals surface area (Å²) in [4.78, 5) is 0. The molecule has 0 aliphatic heterocycles. The Morgan fingerprint density at radius 1 is 1.38 bits per heavy atom. The SMILES string of the molecule is C=C(C)CNC(=C)C. The minimum absolute atomic E-state index is 0.843. The van der Waals surface area contributed by atoms with Crippen LogP contribution >= 0.6 is 0 Å². The van der Waals surface area contributed by atoms with Gasteiger partial charge in [0.25, 0.3) is 0 Å². The molecule has 0 saturated heterocycles. The van der Waals surface area contributed by atoms with Gasteiger partial charge in [0, 0.05) is 12.2 Å². The predicted molar refractivity (Wildman–Crippen MR) is 37.6 cm³/mol. The van der Waals surface area contributed by atoms with Gasteiger partial charge in [0.05, 0.1) is 0 Å². The highest BCUT2D eigenvalue weighted by Crippen LogP contribution is 1.84. The monoisotopic (exact) mass is 111 g/mol. The standard InChI is InChI=1S/C7H13N/c1-6(2)5-8-7(3)4/h8H,1,3,5H2,2,4H3. The van der Waals surface area contributed by atoms with Gasteiger partial charge in [-0.25, -0.2) is 0 Å². The van der Waals surface area contributed by atoms with Crippen molar-refractivity contribution in [2.24, 2.45) is 0 Å². The van der Waals surface area contributed by atoms with Crippen LogP contribution in [0.3, 0.4) is 0 Å². The van der Waals surface area contributed by atoms with Crippen LogP contribution in [0.15, 0.2) is 24.4 Å². The Hall–Kier alpha value is -0.720. The molecule has 1 nitrogen and oxygen atoms in total. The minimum atomic E-state index is 0.843. The molecule has 0 aromatic heterocycles. The van der Waals surface area contributed by atoms with E-state index in [0.29, 0.717) is 0 Å². The smallest absolute Gasteiger partial charge is 0.0351 e. The minimum Gasteiger partial charge on any atom is -0.385 e. The number of nitrogens with one attached hydrogen (secondary N) is 1. The molecule has 0 heterocycles. The molecule has 0 unspecified atom stereocenters. The molecular formula is C7H13N. The first-order valence-electron chi connectivity index (χ1n) is 2.66. The van der Waals surface area contributed by atoms with E-state index in [1.54, 1.807) is 0 Å². The fourth-order valence-electron chi connectivity index (χ4n) is 0.302. The quantitative estimate of drug-likeness (QED) is 0.546. The van der Waals surface area contributed by atoms with Gasteiger partial charge in [-0.2, -0.15) is 0 Å². The van der Waals surface area contributed by atoms with Crippen LogP contribution < -0.4 is 5.32 Å². The average Bonchev–Trinajstić information content (AvgIpc) is 1.61. The highest BCUT2D eigenvalue weighted by Gasteiger charge is 1.81. The normalized spacial score (nSPS) is 8.25. The molecule has 0 spiro atoms. The lowest BCUT2D eigenvalue weighted by atomic mass is 10.3. The first-order chi connectivity index (χ1) is 3.63. The molecule has 0 radical (unpaired) electrons. The number of hydrogen-bond acceptors (Lipinski definition) is 1. The number of rotatable bonds is 3. The van der Waals surface area contributed by atoms with Crippen LogP contribution in [0.1, 0.15) is 13.8 Å². The van der Waals surface area contributed by atoms with E-state index in [-0.39, 0.29) is 0 Å². The van der Waals surface area contributed by atoms with Gasteiger partial charge in [0.1, 0.15) is 0 Å². The summed E-state index contributed by atoms with van der Waals surface area (Å²) in [7, 11) is 0. The number of allylic oxidation sites excluding steroid dienone is 1. The molecule has 8 heavy (non-hydrogen) atoms. The highest BCUT2D eigenvalue weighted by atomic mass is 14.9. The second-order valence-corrected chi connectivity index (χ2v) is 2.09. The molecule has 0 aliphatic rings. The third-order valence-electron chi connectivity index (χ3n) is 0.692. The Bertz CT molecular complexity index is 89.0. The maximum absolute atomic E-state index is 3.72. The van der Waals surface area contributed by atoms with Gasteiger partial charge in [0.15, 0.2) is 0 Å². The molecule has 0 aromatic carbocycles. The Kier molecular flexibility index (Phi) is 3.01. The van der Waals surface area contributed by atoms with Gasteiger partial charge in [-0.15, -0.1) is 0 Å². The second-order valence-electron chi connectivity index (χ2n) is 2.09. The molecule has 46 valence electrons. The molecule has 0 aromatic rings. The van der Waals surface area contributed by atoms with E-state index < -0.39 is 0 Å². The summed E-state index contributed by atoms with van der Waals surface area (Å²) in [6, 6.07) is 0. The fraction of sp³-hybridized carbons (Fsp3) is 0.429. The summed E-state index contributed by atoms with van der Waals surface area (Å²) in [5.41, 5.74) is 2.13. The van der Waals surface area contributed by atoms with Crippen molar-refractivity contribution in [3.63, 3.8) is 0 Å². The molecule has 0 aliphatic carbocycles. The lowest BCUT2D eigenvalue weighted by molar-refractivity contribution is 0.877. The second kappa shape index (κ2) is 3.30. The summed E-state index contributed by atoms with van der Waals surface area (Å²) in [5, 5.41) is 3.05. The Labute approximate surface area is 51.1 Å². The summed E-state index contributed by atoms with van der Waals surface area (Å²) in [5.74, 6) is 0. The van der Waals surface area contributed by atoms with Crippen molar-refractivity contribution >= 4 is 0 Å². The van der Waals surface area contributed by atoms with E-state index in [1.807, 2.05) is 13.8 Å². The van der Waals surface area contributed by atoms with Crippen LogP contribution in [0.5, 0.6) is 0 Å². The zero-order valence-electron chi connectivity index (χ0n) is 5.62. The summed E-state index contributed by atoms with van der Waals surface area (Å²) in [6.45, 7) is 12.2. The third-order valence-corrected chi connectivity index (χ3v) is 0.692. The van der Waals surface area contributed by atoms with Crippen molar-refractivity contribution in [2.75, 3.05) is 6.54 Å². The maximum atomic E-state index is 3.72. The van der Waals surface area contributed by atoms with Crippen LogP contribution in [0, 0.1) is 0 Å². The van der Waals surface area contributed by atoms with Crippen molar-refractivity contribution < 1.29 is 0 Å². The molecule has 0 rings (SSSR count). The summed E-state index contributed by atoms with van der Waals surface area (Å²) >= 11 is 0. The zero-order chi connectivity index (χ0) is 6.57. The molecule has 0 saturated carbocycles. The molecule has 0 amide bonds. The fourth-order valence-corrected chi connectivity index (χ4v) is 0.302. The third kappa shape index (κ3) is 5.28. The Morgan fingerprint density at radius 2 is 1.88 bits per heavy atom. The van der Waals surface area contributed by atoms with E-state index in [0.717, 1.165) is 17.8 Å². The van der Waals surface area contributed by atoms with Gasteiger partial charge >= 0.3 is 0 Å². The Balaban J connectivity index is 3.18. The van der Waals surface area contributed by atoms with Crippen molar-refractivity contribution in [1.82, 2.24) is 5.32 Å². The van der Waals surface area contributed by atoms with Gasteiger partial charge in [-0.05, 0) is 13.8 Å². The van der Waals surface area contributed by atoms with Crippen LogP contribution in [0.2, 0.25) is 0 Å². The summed E-state index contributed by atoms with van der Waals surface area (Å²) in [6.07, 6.45) is 0. The largest absolute Gasteiger partial charge is 0.385 e. The van der Waals surface area contributed by atoms with Gasteiger partial charge < -0.3 is 5.32 Å². The van der Waals surface area contributed by atoms with E-state index in [9.17, 15) is 0 Å². The lowest BCUT2D eigenvalue weighted by Crippen LogP contribution is -2.11. The topological polar surface area (TPSA) is 12.0 Å². The highest BCUT2D eigenvalue weighted by molar-refractivity contribution is 4.96. The Morgan fingerprint density at radius 3 is 2.00 bits per heavy atom. The van der Waals surface area contributed by atoms with Crippen LogP contribution in [0.4, 0.5) is 0 Å². The van der Waals surface area contributed by atoms with Crippen molar-refractivity contribution in [2.45, 2.75) is 13.8 Å². The molecule has 0 fully saturated rings. The molecule has 0 bridgehead atoms. The van der Waals surface area contributed by atoms with E-state index in [1.165, 1.54) is 0 Å². The summed E-state index contributed by atoms with van der Waals surface area (Å²) < 4.78 is 0. The van der Waals surface area contributed by atoms with Crippen LogP contribution in [-0.2, 0) is 0 Å². The van der Waals surface area contributed by atoms with Crippen LogP contribution in [-0.4, -0.2) is 6.54 Å². The average molecular weight is 111 g/mol. The van der Waals surface area contributed by atoms with Crippen molar-refractivity contribution in [3.8, 4) is 0 Å². The zero-order valence-corrected chi connectivity index (χ0v) is 5.62. The van der Waals surface area contributed by atoms with E-state index >= 15 is 0 Å². The molecule has 1 heteroatoms. The predicted octanol–water partition coefficient (Wildman–Crippen LogP) is 1.69. The van der Waals surface area contributed by atoms with Crippen molar-refractivity contribution in [3.05, 3.63) is 24.4 Å². The van der Waals surface area contributed by atoms with Gasteiger partial charge in [-0.3, -0.25) is 0 Å². The molecule has 1 N–H and O–H groups in total. The first-order valence-corrected chi connectivity index (χ1v) is 2.66. The first kappa shape index (κ1) is 7.28. The number of hydrogen-bond donors (Lipinski definition) is 1. The van der Waals surface area contributed by atoms with E-state index in [2.05, 4.69) is 18.5 Å². The van der Waals surface area contributed by atoms with E-state index in [4.69, 9.17) is 0 Å². The van der Waals surface area contributed by atoms with Crippen molar-refractivity contribution in [1.29, 1.82) is 0 Å². The maximum Gasteiger partial charge on any atom is 0.0351 e. The van der Waals surface area contributed by atoms with Gasteiger partial charge in [0.2, 0.25) is 0 Å². The molecule has 0 atom stereocenters.